The minimum atomic E-state index is -0.875. The first-order valence-corrected chi connectivity index (χ1v) is 14.6. The fourth-order valence-corrected chi connectivity index (χ4v) is 8.67. The van der Waals surface area contributed by atoms with Crippen molar-refractivity contribution in [3.8, 4) is 0 Å². The van der Waals surface area contributed by atoms with Crippen molar-refractivity contribution in [2.45, 2.75) is 49.3 Å². The Morgan fingerprint density at radius 2 is 1.74 bits per heavy atom. The lowest BCUT2D eigenvalue weighted by Gasteiger charge is -2.38. The van der Waals surface area contributed by atoms with E-state index >= 15 is 0 Å². The van der Waals surface area contributed by atoms with Crippen LogP contribution in [0.5, 0.6) is 0 Å². The number of amides is 3. The third kappa shape index (κ3) is 3.97. The van der Waals surface area contributed by atoms with Crippen LogP contribution in [0.25, 0.3) is 0 Å². The van der Waals surface area contributed by atoms with Crippen LogP contribution in [0, 0.1) is 11.8 Å². The van der Waals surface area contributed by atoms with Gasteiger partial charge in [-0.25, -0.2) is 0 Å². The summed E-state index contributed by atoms with van der Waals surface area (Å²) in [4.78, 5) is 49.5. The summed E-state index contributed by atoms with van der Waals surface area (Å²) in [5.41, 5.74) is 1.87. The SMILES string of the molecule is CC[C@@H](CO)N1C(=O)[C@@H]2[C@H]3C(=O)N(C)CC=C[C@H]3S[C@@]23C=CCN(c2ccc(N(CC)CC)cc2)C(=O)C13. The number of hydrogen-bond acceptors (Lipinski definition) is 6. The number of aliphatic hydroxyl groups excluding tert-OH is 1. The smallest absolute Gasteiger partial charge is 0.251 e. The summed E-state index contributed by atoms with van der Waals surface area (Å²) >= 11 is 1.57. The van der Waals surface area contributed by atoms with Gasteiger partial charge >= 0.3 is 0 Å². The molecule has 4 aliphatic rings. The highest BCUT2D eigenvalue weighted by Crippen LogP contribution is 2.61. The number of rotatable bonds is 7. The summed E-state index contributed by atoms with van der Waals surface area (Å²) < 4.78 is -0.875. The Morgan fingerprint density at radius 1 is 1.03 bits per heavy atom. The topological polar surface area (TPSA) is 84.4 Å². The van der Waals surface area contributed by atoms with Crippen molar-refractivity contribution in [3.63, 3.8) is 0 Å². The predicted molar refractivity (Wildman–Crippen MR) is 151 cm³/mol. The summed E-state index contributed by atoms with van der Waals surface area (Å²) in [7, 11) is 1.76. The number of carbonyl (C=O) groups is 3. The second-order valence-corrected chi connectivity index (χ2v) is 12.0. The molecular formula is C29H38N4O4S. The lowest BCUT2D eigenvalue weighted by molar-refractivity contribution is -0.144. The average Bonchev–Trinajstić information content (AvgIpc) is 3.25. The van der Waals surface area contributed by atoms with Gasteiger partial charge in [-0.3, -0.25) is 14.4 Å². The number of likely N-dealkylation sites (N-methyl/N-ethyl adjacent to an activating group) is 1. The molecule has 38 heavy (non-hydrogen) atoms. The summed E-state index contributed by atoms with van der Waals surface area (Å²) in [6.45, 7) is 8.59. The maximum atomic E-state index is 14.5. The number of benzene rings is 1. The second-order valence-electron chi connectivity index (χ2n) is 10.5. The first-order chi connectivity index (χ1) is 18.3. The molecule has 1 N–H and O–H groups in total. The zero-order valence-corrected chi connectivity index (χ0v) is 23.4. The van der Waals surface area contributed by atoms with Crippen molar-refractivity contribution < 1.29 is 19.5 Å². The number of carbonyl (C=O) groups excluding carboxylic acids is 3. The van der Waals surface area contributed by atoms with Crippen molar-refractivity contribution in [1.29, 1.82) is 0 Å². The lowest BCUT2D eigenvalue weighted by Crippen LogP contribution is -2.56. The first-order valence-electron chi connectivity index (χ1n) is 13.7. The number of nitrogens with zero attached hydrogens (tertiary/aromatic N) is 4. The molecular weight excluding hydrogens is 500 g/mol. The largest absolute Gasteiger partial charge is 0.394 e. The Hall–Kier alpha value is -2.78. The molecule has 0 saturated carbocycles. The van der Waals surface area contributed by atoms with Crippen LogP contribution in [0.2, 0.25) is 0 Å². The van der Waals surface area contributed by atoms with Gasteiger partial charge in [-0.2, -0.15) is 0 Å². The van der Waals surface area contributed by atoms with E-state index in [1.807, 2.05) is 55.5 Å². The third-order valence-corrected chi connectivity index (χ3v) is 10.4. The summed E-state index contributed by atoms with van der Waals surface area (Å²) in [5, 5.41) is 10.1. The van der Waals surface area contributed by atoms with Gasteiger partial charge in [0, 0.05) is 49.9 Å². The van der Waals surface area contributed by atoms with Crippen LogP contribution >= 0.6 is 11.8 Å². The van der Waals surface area contributed by atoms with Crippen molar-refractivity contribution in [2.24, 2.45) is 11.8 Å². The van der Waals surface area contributed by atoms with Crippen LogP contribution in [0.15, 0.2) is 48.6 Å². The van der Waals surface area contributed by atoms with Crippen molar-refractivity contribution in [2.75, 3.05) is 49.6 Å². The van der Waals surface area contributed by atoms with Crippen molar-refractivity contribution in [1.82, 2.24) is 9.80 Å². The number of aliphatic hydroxyl groups is 1. The van der Waals surface area contributed by atoms with E-state index in [2.05, 4.69) is 18.7 Å². The van der Waals surface area contributed by atoms with Gasteiger partial charge in [0.25, 0.3) is 5.91 Å². The highest BCUT2D eigenvalue weighted by atomic mass is 32.2. The minimum absolute atomic E-state index is 0.0608. The summed E-state index contributed by atoms with van der Waals surface area (Å²) in [6, 6.07) is 6.69. The Morgan fingerprint density at radius 3 is 2.37 bits per heavy atom. The van der Waals surface area contributed by atoms with Crippen molar-refractivity contribution >= 4 is 40.9 Å². The fraction of sp³-hybridized carbons (Fsp3) is 0.552. The Bertz CT molecular complexity index is 1150. The first kappa shape index (κ1) is 26.8. The molecule has 9 heteroatoms. The molecule has 1 unspecified atom stereocenters. The summed E-state index contributed by atoms with van der Waals surface area (Å²) in [5.74, 6) is -1.63. The van der Waals surface area contributed by atoms with Crippen LogP contribution < -0.4 is 9.80 Å². The average molecular weight is 539 g/mol. The Balaban J connectivity index is 1.58. The molecule has 0 aromatic heterocycles. The zero-order valence-electron chi connectivity index (χ0n) is 22.6. The molecule has 0 bridgehead atoms. The maximum absolute atomic E-state index is 14.5. The molecule has 4 heterocycles. The van der Waals surface area contributed by atoms with Gasteiger partial charge in [0.1, 0.15) is 6.04 Å². The van der Waals surface area contributed by atoms with Crippen LogP contribution in [0.3, 0.4) is 0 Å². The molecule has 2 fully saturated rings. The molecule has 8 nitrogen and oxygen atoms in total. The van der Waals surface area contributed by atoms with Gasteiger partial charge in [-0.15, -0.1) is 11.8 Å². The highest BCUT2D eigenvalue weighted by molar-refractivity contribution is 8.02. The van der Waals surface area contributed by atoms with E-state index in [0.29, 0.717) is 19.5 Å². The van der Waals surface area contributed by atoms with Crippen molar-refractivity contribution in [3.05, 3.63) is 48.6 Å². The van der Waals surface area contributed by atoms with E-state index in [-0.39, 0.29) is 29.6 Å². The normalized spacial score (nSPS) is 31.2. The molecule has 0 aliphatic carbocycles. The van der Waals surface area contributed by atoms with E-state index in [9.17, 15) is 19.5 Å². The van der Waals surface area contributed by atoms with E-state index in [1.165, 1.54) is 0 Å². The number of anilines is 2. The number of hydrogen-bond donors (Lipinski definition) is 1. The maximum Gasteiger partial charge on any atom is 0.251 e. The molecule has 4 aliphatic heterocycles. The van der Waals surface area contributed by atoms with E-state index in [4.69, 9.17) is 0 Å². The molecule has 3 amide bonds. The number of fused-ring (bicyclic) bond motifs is 2. The van der Waals surface area contributed by atoms with E-state index in [0.717, 1.165) is 24.5 Å². The third-order valence-electron chi connectivity index (χ3n) is 8.66. The predicted octanol–water partition coefficient (Wildman–Crippen LogP) is 2.53. The van der Waals surface area contributed by atoms with Crippen LogP contribution in [-0.2, 0) is 14.4 Å². The Labute approximate surface area is 229 Å². The molecule has 5 rings (SSSR count). The molecule has 0 radical (unpaired) electrons. The molecule has 204 valence electrons. The number of thioether (sulfide) groups is 1. The van der Waals surface area contributed by atoms with Gasteiger partial charge in [-0.05, 0) is 44.5 Å². The van der Waals surface area contributed by atoms with Crippen LogP contribution in [0.1, 0.15) is 27.2 Å². The molecule has 6 atom stereocenters. The van der Waals surface area contributed by atoms with Gasteiger partial charge in [0.05, 0.1) is 29.2 Å². The lowest BCUT2D eigenvalue weighted by atomic mass is 9.78. The molecule has 1 spiro atoms. The Kier molecular flexibility index (Phi) is 7.35. The van der Waals surface area contributed by atoms with Gasteiger partial charge in [0.2, 0.25) is 11.8 Å². The van der Waals surface area contributed by atoms with Gasteiger partial charge in [-0.1, -0.05) is 31.2 Å². The minimum Gasteiger partial charge on any atom is -0.394 e. The molecule has 1 aromatic carbocycles. The summed E-state index contributed by atoms with van der Waals surface area (Å²) in [6.07, 6.45) is 8.54. The molecule has 2 saturated heterocycles. The van der Waals surface area contributed by atoms with Crippen LogP contribution in [-0.4, -0.2) is 94.5 Å². The van der Waals surface area contributed by atoms with E-state index < -0.39 is 28.7 Å². The zero-order chi connectivity index (χ0) is 27.2. The van der Waals surface area contributed by atoms with E-state index in [1.54, 1.807) is 33.5 Å². The quantitative estimate of drug-likeness (QED) is 0.538. The monoisotopic (exact) mass is 538 g/mol. The van der Waals surface area contributed by atoms with Crippen LogP contribution in [0.4, 0.5) is 11.4 Å². The highest BCUT2D eigenvalue weighted by Gasteiger charge is 2.71. The molecule has 1 aromatic rings. The van der Waals surface area contributed by atoms with Gasteiger partial charge in [0.15, 0.2) is 0 Å². The fourth-order valence-electron chi connectivity index (χ4n) is 6.67. The van der Waals surface area contributed by atoms with Gasteiger partial charge < -0.3 is 24.7 Å². The second kappa shape index (κ2) is 10.4. The standard InChI is InChI=1S/C29H38N4O4S/c1-5-19(18-34)33-25-28(37)32(21-13-11-20(12-14-21)31(6-2)7-3)17-9-15-29(25)24(27(33)36)23-22(38-29)10-8-16-30(4)26(23)35/h8-15,19,22-25,34H,5-7,16-18H2,1-4H3/t19-,22+,23-,24-,25?,29-/m0/s1. The number of likely N-dealkylation sites (tertiary alicyclic amines) is 1.